The van der Waals surface area contributed by atoms with Crippen LogP contribution in [0.25, 0.3) is 16.6 Å². The van der Waals surface area contributed by atoms with Gasteiger partial charge in [0, 0.05) is 10.0 Å². The number of carbonyl (C=O) groups excluding carboxylic acids is 1. The van der Waals surface area contributed by atoms with Crippen LogP contribution in [0, 0.1) is 5.82 Å². The van der Waals surface area contributed by atoms with Gasteiger partial charge in [-0.05, 0) is 48.5 Å². The molecule has 33 heavy (non-hydrogen) atoms. The summed E-state index contributed by atoms with van der Waals surface area (Å²) < 4.78 is 16.1. The number of halogens is 3. The van der Waals surface area contributed by atoms with Crippen LogP contribution in [-0.4, -0.2) is 27.4 Å². The van der Waals surface area contributed by atoms with E-state index in [4.69, 9.17) is 11.6 Å². The maximum absolute atomic E-state index is 13.8. The second-order valence-electron chi connectivity index (χ2n) is 6.75. The number of nitrogens with zero attached hydrogens (tertiary/aromatic N) is 3. The van der Waals surface area contributed by atoms with Crippen molar-refractivity contribution in [2.45, 2.75) is 5.16 Å². The summed E-state index contributed by atoms with van der Waals surface area (Å²) >= 11 is 10.4. The van der Waals surface area contributed by atoms with Crippen LogP contribution in [0.15, 0.2) is 86.3 Å². The molecule has 0 spiro atoms. The van der Waals surface area contributed by atoms with Crippen LogP contribution >= 0.6 is 39.3 Å². The Hall–Kier alpha value is -3.01. The average molecular weight is 546 g/mol. The first kappa shape index (κ1) is 23.2. The molecule has 3 aromatic carbocycles. The highest BCUT2D eigenvalue weighted by Crippen LogP contribution is 2.22. The van der Waals surface area contributed by atoms with Crippen molar-refractivity contribution in [3.8, 4) is 5.69 Å². The third kappa shape index (κ3) is 5.32. The lowest BCUT2D eigenvalue weighted by atomic mass is 10.2. The summed E-state index contributed by atoms with van der Waals surface area (Å²) in [5.74, 6) is -1.06. The van der Waals surface area contributed by atoms with E-state index in [2.05, 4.69) is 31.4 Å². The van der Waals surface area contributed by atoms with Crippen molar-refractivity contribution in [1.82, 2.24) is 15.0 Å². The number of thioether (sulfide) groups is 1. The zero-order valence-corrected chi connectivity index (χ0v) is 20.0. The van der Waals surface area contributed by atoms with E-state index in [1.54, 1.807) is 36.4 Å². The molecule has 0 radical (unpaired) electrons. The number of benzene rings is 3. The highest BCUT2D eigenvalue weighted by atomic mass is 79.9. The van der Waals surface area contributed by atoms with Gasteiger partial charge >= 0.3 is 0 Å². The number of aromatic nitrogens is 2. The van der Waals surface area contributed by atoms with Gasteiger partial charge in [0.2, 0.25) is 0 Å². The predicted octanol–water partition coefficient (Wildman–Crippen LogP) is 5.18. The Kier molecular flexibility index (Phi) is 7.22. The third-order valence-corrected chi connectivity index (χ3v) is 6.34. The van der Waals surface area contributed by atoms with Gasteiger partial charge in [-0.2, -0.15) is 5.10 Å². The summed E-state index contributed by atoms with van der Waals surface area (Å²) in [6.45, 7) is 0. The molecule has 0 aliphatic rings. The van der Waals surface area contributed by atoms with Gasteiger partial charge in [0.05, 0.1) is 33.6 Å². The van der Waals surface area contributed by atoms with E-state index in [0.717, 1.165) is 22.4 Å². The summed E-state index contributed by atoms with van der Waals surface area (Å²) in [4.78, 5) is 30.1. The van der Waals surface area contributed by atoms with E-state index in [-0.39, 0.29) is 21.9 Å². The number of hydrogen-bond donors (Lipinski definition) is 1. The van der Waals surface area contributed by atoms with Crippen LogP contribution in [0.2, 0.25) is 5.02 Å². The molecule has 1 amide bonds. The van der Waals surface area contributed by atoms with Crippen LogP contribution in [0.4, 0.5) is 4.39 Å². The van der Waals surface area contributed by atoms with Crippen molar-refractivity contribution in [3.63, 3.8) is 0 Å². The largest absolute Gasteiger partial charge is 0.272 e. The van der Waals surface area contributed by atoms with Crippen LogP contribution in [0.3, 0.4) is 0 Å². The van der Waals surface area contributed by atoms with Crippen LogP contribution in [0.1, 0.15) is 5.56 Å². The molecular weight excluding hydrogens is 531 g/mol. The fourth-order valence-electron chi connectivity index (χ4n) is 2.99. The van der Waals surface area contributed by atoms with Crippen molar-refractivity contribution in [1.29, 1.82) is 0 Å². The Labute approximate surface area is 205 Å². The molecule has 166 valence electrons. The quantitative estimate of drug-likeness (QED) is 0.157. The van der Waals surface area contributed by atoms with E-state index in [9.17, 15) is 14.0 Å². The number of amides is 1. The maximum atomic E-state index is 13.8. The average Bonchev–Trinajstić information content (AvgIpc) is 2.80. The normalized spacial score (nSPS) is 11.2. The fraction of sp³-hybridized carbons (Fsp3) is 0.0435. The molecule has 0 atom stereocenters. The van der Waals surface area contributed by atoms with Gasteiger partial charge in [-0.3, -0.25) is 14.2 Å². The second kappa shape index (κ2) is 10.3. The molecule has 0 fully saturated rings. The molecule has 1 aromatic heterocycles. The number of nitrogens with one attached hydrogen (secondary N) is 1. The van der Waals surface area contributed by atoms with Crippen molar-refractivity contribution in [2.24, 2.45) is 5.10 Å². The lowest BCUT2D eigenvalue weighted by Gasteiger charge is -2.13. The molecule has 4 aromatic rings. The zero-order chi connectivity index (χ0) is 23.4. The minimum absolute atomic E-state index is 0.0658. The first-order valence-corrected chi connectivity index (χ1v) is 11.8. The van der Waals surface area contributed by atoms with Crippen LogP contribution in [0.5, 0.6) is 0 Å². The fourth-order valence-corrected chi connectivity index (χ4v) is 4.27. The molecular formula is C23H15BrClFN4O2S. The molecule has 1 N–H and O–H groups in total. The zero-order valence-electron chi connectivity index (χ0n) is 16.8. The number of fused-ring (bicyclic) bond motifs is 1. The van der Waals surface area contributed by atoms with Gasteiger partial charge < -0.3 is 0 Å². The van der Waals surface area contributed by atoms with Gasteiger partial charge in [-0.15, -0.1) is 0 Å². The highest BCUT2D eigenvalue weighted by molar-refractivity contribution is 9.10. The minimum Gasteiger partial charge on any atom is -0.272 e. The molecule has 0 aliphatic carbocycles. The Morgan fingerprint density at radius 2 is 1.91 bits per heavy atom. The molecule has 6 nitrogen and oxygen atoms in total. The second-order valence-corrected chi connectivity index (χ2v) is 9.01. The topological polar surface area (TPSA) is 76.3 Å². The smallest absolute Gasteiger partial charge is 0.266 e. The van der Waals surface area contributed by atoms with E-state index in [1.807, 2.05) is 12.1 Å². The van der Waals surface area contributed by atoms with E-state index in [0.29, 0.717) is 21.7 Å². The molecule has 4 rings (SSSR count). The van der Waals surface area contributed by atoms with Gasteiger partial charge in [-0.25, -0.2) is 14.8 Å². The van der Waals surface area contributed by atoms with Crippen molar-refractivity contribution >= 4 is 62.3 Å². The Morgan fingerprint density at radius 1 is 1.15 bits per heavy atom. The number of hydrogen-bond acceptors (Lipinski definition) is 5. The molecule has 0 saturated carbocycles. The Morgan fingerprint density at radius 3 is 2.67 bits per heavy atom. The van der Waals surface area contributed by atoms with Gasteiger partial charge in [0.1, 0.15) is 5.82 Å². The number of hydrazone groups is 1. The third-order valence-electron chi connectivity index (χ3n) is 4.54. The van der Waals surface area contributed by atoms with E-state index in [1.165, 1.54) is 22.8 Å². The number of rotatable bonds is 6. The number of carbonyl (C=O) groups is 1. The molecule has 0 bridgehead atoms. The van der Waals surface area contributed by atoms with Gasteiger partial charge in [0.25, 0.3) is 11.5 Å². The maximum Gasteiger partial charge on any atom is 0.266 e. The van der Waals surface area contributed by atoms with Gasteiger partial charge in [0.15, 0.2) is 5.16 Å². The SMILES string of the molecule is O=C(CSc1nc2ccccc2c(=O)n1-c1ccc(Br)cc1)NN=Cc1c(F)cccc1Cl. The minimum atomic E-state index is -0.547. The molecule has 10 heteroatoms. The summed E-state index contributed by atoms with van der Waals surface area (Å²) in [5.41, 5.74) is 3.33. The van der Waals surface area contributed by atoms with E-state index < -0.39 is 11.7 Å². The molecule has 0 aliphatic heterocycles. The molecule has 0 unspecified atom stereocenters. The molecule has 1 heterocycles. The lowest BCUT2D eigenvalue weighted by Crippen LogP contribution is -2.24. The first-order valence-electron chi connectivity index (χ1n) is 9.60. The Balaban J connectivity index is 1.57. The lowest BCUT2D eigenvalue weighted by molar-refractivity contribution is -0.118. The monoisotopic (exact) mass is 544 g/mol. The summed E-state index contributed by atoms with van der Waals surface area (Å²) in [6.07, 6.45) is 1.15. The standard InChI is InChI=1S/C23H15BrClFN4O2S/c24-14-8-10-15(11-9-14)30-22(32)16-4-1-2-7-20(16)28-23(30)33-13-21(31)29-27-12-17-18(25)5-3-6-19(17)26/h1-12H,13H2,(H,29,31). The van der Waals surface area contributed by atoms with Crippen molar-refractivity contribution in [3.05, 3.63) is 98.0 Å². The Bertz CT molecular complexity index is 1410. The van der Waals surface area contributed by atoms with Crippen molar-refractivity contribution < 1.29 is 9.18 Å². The number of para-hydroxylation sites is 1. The van der Waals surface area contributed by atoms with Crippen LogP contribution < -0.4 is 11.0 Å². The first-order chi connectivity index (χ1) is 15.9. The predicted molar refractivity (Wildman–Crippen MR) is 133 cm³/mol. The molecule has 0 saturated heterocycles. The van der Waals surface area contributed by atoms with Crippen molar-refractivity contribution in [2.75, 3.05) is 5.75 Å². The van der Waals surface area contributed by atoms with Gasteiger partial charge in [-0.1, -0.05) is 57.5 Å². The summed E-state index contributed by atoms with van der Waals surface area (Å²) in [5, 5.41) is 4.79. The van der Waals surface area contributed by atoms with Crippen LogP contribution in [-0.2, 0) is 4.79 Å². The highest BCUT2D eigenvalue weighted by Gasteiger charge is 2.15. The van der Waals surface area contributed by atoms with E-state index >= 15 is 0 Å². The summed E-state index contributed by atoms with van der Waals surface area (Å²) in [6, 6.07) is 18.5. The summed E-state index contributed by atoms with van der Waals surface area (Å²) in [7, 11) is 0.